The molecule has 1 aromatic carbocycles. The maximum absolute atomic E-state index is 12.9. The molecule has 29 heavy (non-hydrogen) atoms. The number of halogens is 1. The van der Waals surface area contributed by atoms with E-state index in [1.54, 1.807) is 24.3 Å². The number of esters is 1. The highest BCUT2D eigenvalue weighted by Crippen LogP contribution is 2.60. The molecule has 0 unspecified atom stereocenters. The monoisotopic (exact) mass is 435 g/mol. The third-order valence-corrected chi connectivity index (χ3v) is 7.73. The highest BCUT2D eigenvalue weighted by Gasteiger charge is 2.54. The molecule has 4 bridgehead atoms. The molecule has 5 nitrogen and oxygen atoms in total. The number of benzene rings is 1. The van der Waals surface area contributed by atoms with Crippen molar-refractivity contribution >= 4 is 46.7 Å². The Morgan fingerprint density at radius 2 is 1.59 bits per heavy atom. The summed E-state index contributed by atoms with van der Waals surface area (Å²) in [7, 11) is 0. The maximum atomic E-state index is 12.9. The third kappa shape index (κ3) is 4.97. The van der Waals surface area contributed by atoms with Crippen LogP contribution in [0.3, 0.4) is 0 Å². The fourth-order valence-corrected chi connectivity index (χ4v) is 6.49. The van der Waals surface area contributed by atoms with Crippen molar-refractivity contribution in [2.24, 2.45) is 23.2 Å². The molecule has 4 aliphatic rings. The molecular formula is C22H26ClNO4S. The number of nitrogens with one attached hydrogen (secondary N) is 1. The zero-order valence-electron chi connectivity index (χ0n) is 16.3. The second-order valence-electron chi connectivity index (χ2n) is 8.83. The molecule has 0 atom stereocenters. The van der Waals surface area contributed by atoms with Gasteiger partial charge in [0.15, 0.2) is 12.4 Å². The molecule has 7 heteroatoms. The van der Waals surface area contributed by atoms with E-state index in [0.717, 1.165) is 19.3 Å². The van der Waals surface area contributed by atoms with Gasteiger partial charge in [-0.05, 0) is 80.5 Å². The molecule has 0 spiro atoms. The van der Waals surface area contributed by atoms with Gasteiger partial charge in [-0.2, -0.15) is 0 Å². The van der Waals surface area contributed by atoms with Crippen LogP contribution in [0.15, 0.2) is 24.3 Å². The van der Waals surface area contributed by atoms with Crippen molar-refractivity contribution < 1.29 is 19.1 Å². The summed E-state index contributed by atoms with van der Waals surface area (Å²) >= 11 is 6.99. The predicted octanol–water partition coefficient (Wildman–Crippen LogP) is 4.34. The van der Waals surface area contributed by atoms with Crippen LogP contribution in [0.1, 0.15) is 38.5 Å². The van der Waals surface area contributed by atoms with Gasteiger partial charge in [0.1, 0.15) is 0 Å². The highest BCUT2D eigenvalue weighted by atomic mass is 35.5. The number of rotatable bonds is 8. The first-order valence-corrected chi connectivity index (χ1v) is 11.8. The molecule has 4 saturated carbocycles. The van der Waals surface area contributed by atoms with Gasteiger partial charge >= 0.3 is 5.97 Å². The van der Waals surface area contributed by atoms with E-state index < -0.39 is 5.97 Å². The molecule has 0 heterocycles. The molecule has 4 fully saturated rings. The number of amides is 1. The Bertz CT molecular complexity index is 759. The van der Waals surface area contributed by atoms with Crippen molar-refractivity contribution in [2.45, 2.75) is 38.5 Å². The van der Waals surface area contributed by atoms with Gasteiger partial charge < -0.3 is 10.1 Å². The summed E-state index contributed by atoms with van der Waals surface area (Å²) in [5.41, 5.74) is 0.421. The number of carbonyl (C=O) groups excluding carboxylic acids is 3. The first kappa shape index (κ1) is 20.7. The Balaban J connectivity index is 1.16. The smallest absolute Gasteiger partial charge is 0.316 e. The maximum Gasteiger partial charge on any atom is 0.316 e. The lowest BCUT2D eigenvalue weighted by atomic mass is 9.48. The van der Waals surface area contributed by atoms with Crippen molar-refractivity contribution in [2.75, 3.05) is 23.4 Å². The zero-order chi connectivity index (χ0) is 20.4. The fourth-order valence-electron chi connectivity index (χ4n) is 5.75. The minimum atomic E-state index is -0.438. The molecule has 0 saturated heterocycles. The molecule has 0 aliphatic heterocycles. The number of ether oxygens (including phenoxy) is 1. The molecule has 1 aromatic rings. The van der Waals surface area contributed by atoms with Crippen molar-refractivity contribution in [1.29, 1.82) is 0 Å². The average molecular weight is 436 g/mol. The second kappa shape index (κ2) is 8.68. The zero-order valence-corrected chi connectivity index (χ0v) is 17.9. The number of thioether (sulfide) groups is 1. The Kier molecular flexibility index (Phi) is 6.21. The molecular weight excluding hydrogens is 410 g/mol. The van der Waals surface area contributed by atoms with E-state index in [2.05, 4.69) is 5.32 Å². The molecule has 0 radical (unpaired) electrons. The van der Waals surface area contributed by atoms with Crippen LogP contribution in [0.2, 0.25) is 5.02 Å². The largest absolute Gasteiger partial charge is 0.457 e. The standard InChI is InChI=1S/C22H26ClNO4S/c23-17-1-3-18(4-2-17)24-20(26)12-29-13-21(27)28-11-19(25)22-8-14-5-15(9-22)7-16(6-14)10-22/h1-4,14-16H,5-13H2,(H,24,26). The summed E-state index contributed by atoms with van der Waals surface area (Å²) in [6.07, 6.45) is 6.78. The average Bonchev–Trinajstić information content (AvgIpc) is 2.67. The molecule has 1 amide bonds. The van der Waals surface area contributed by atoms with Crippen LogP contribution in [-0.4, -0.2) is 35.8 Å². The van der Waals surface area contributed by atoms with Crippen LogP contribution in [-0.2, 0) is 19.1 Å². The number of hydrogen-bond donors (Lipinski definition) is 1. The van der Waals surface area contributed by atoms with Crippen LogP contribution in [0.4, 0.5) is 5.69 Å². The summed E-state index contributed by atoms with van der Waals surface area (Å²) in [5, 5.41) is 3.34. The van der Waals surface area contributed by atoms with Crippen LogP contribution in [0.25, 0.3) is 0 Å². The number of carbonyl (C=O) groups is 3. The minimum Gasteiger partial charge on any atom is -0.457 e. The molecule has 1 N–H and O–H groups in total. The SMILES string of the molecule is O=C(CSCC(=O)OCC(=O)C12CC3CC(CC(C3)C1)C2)Nc1ccc(Cl)cc1. The van der Waals surface area contributed by atoms with Gasteiger partial charge in [-0.25, -0.2) is 0 Å². The van der Waals surface area contributed by atoms with Crippen molar-refractivity contribution in [3.05, 3.63) is 29.3 Å². The summed E-state index contributed by atoms with van der Waals surface area (Å²) in [5.74, 6) is 1.74. The van der Waals surface area contributed by atoms with E-state index in [1.807, 2.05) is 0 Å². The molecule has 156 valence electrons. The van der Waals surface area contributed by atoms with Gasteiger partial charge in [-0.15, -0.1) is 11.8 Å². The predicted molar refractivity (Wildman–Crippen MR) is 114 cm³/mol. The van der Waals surface area contributed by atoms with Crippen LogP contribution in [0.5, 0.6) is 0 Å². The quantitative estimate of drug-likeness (QED) is 0.615. The molecule has 5 rings (SSSR count). The van der Waals surface area contributed by atoms with E-state index in [0.29, 0.717) is 28.5 Å². The van der Waals surface area contributed by atoms with E-state index in [4.69, 9.17) is 16.3 Å². The minimum absolute atomic E-state index is 0.0577. The summed E-state index contributed by atoms with van der Waals surface area (Å²) in [6.45, 7) is -0.122. The Labute approximate surface area is 180 Å². The van der Waals surface area contributed by atoms with Crippen molar-refractivity contribution in [3.63, 3.8) is 0 Å². The Morgan fingerprint density at radius 1 is 1.00 bits per heavy atom. The fraction of sp³-hybridized carbons (Fsp3) is 0.591. The number of hydrogen-bond acceptors (Lipinski definition) is 5. The molecule has 4 aliphatic carbocycles. The van der Waals surface area contributed by atoms with E-state index in [1.165, 1.54) is 31.0 Å². The Hall–Kier alpha value is -1.53. The van der Waals surface area contributed by atoms with Crippen molar-refractivity contribution in [3.8, 4) is 0 Å². The lowest BCUT2D eigenvalue weighted by Crippen LogP contribution is -2.51. The van der Waals surface area contributed by atoms with Gasteiger partial charge in [0, 0.05) is 16.1 Å². The third-order valence-electron chi connectivity index (χ3n) is 6.58. The van der Waals surface area contributed by atoms with Crippen LogP contribution in [0, 0.1) is 23.2 Å². The van der Waals surface area contributed by atoms with Gasteiger partial charge in [-0.1, -0.05) is 11.6 Å². The first-order chi connectivity index (χ1) is 13.9. The summed E-state index contributed by atoms with van der Waals surface area (Å²) in [6, 6.07) is 6.83. The number of Topliss-reactive ketones (excluding diaryl/α,β-unsaturated/α-hetero) is 1. The first-order valence-electron chi connectivity index (χ1n) is 10.2. The van der Waals surface area contributed by atoms with E-state index in [-0.39, 0.29) is 35.2 Å². The summed E-state index contributed by atoms with van der Waals surface area (Å²) < 4.78 is 5.25. The number of ketones is 1. The topological polar surface area (TPSA) is 72.5 Å². The van der Waals surface area contributed by atoms with E-state index in [9.17, 15) is 14.4 Å². The second-order valence-corrected chi connectivity index (χ2v) is 10.3. The lowest BCUT2D eigenvalue weighted by Gasteiger charge is -2.55. The van der Waals surface area contributed by atoms with Gasteiger partial charge in [0.25, 0.3) is 0 Å². The van der Waals surface area contributed by atoms with Crippen LogP contribution < -0.4 is 5.32 Å². The van der Waals surface area contributed by atoms with Gasteiger partial charge in [0.05, 0.1) is 11.5 Å². The Morgan fingerprint density at radius 3 is 2.17 bits per heavy atom. The van der Waals surface area contributed by atoms with Crippen molar-refractivity contribution in [1.82, 2.24) is 0 Å². The van der Waals surface area contributed by atoms with E-state index >= 15 is 0 Å². The van der Waals surface area contributed by atoms with Gasteiger partial charge in [-0.3, -0.25) is 14.4 Å². The lowest BCUT2D eigenvalue weighted by molar-refractivity contribution is -0.156. The highest BCUT2D eigenvalue weighted by molar-refractivity contribution is 8.00. The summed E-state index contributed by atoms with van der Waals surface area (Å²) in [4.78, 5) is 36.8. The number of anilines is 1. The van der Waals surface area contributed by atoms with Gasteiger partial charge in [0.2, 0.25) is 5.91 Å². The normalized spacial score (nSPS) is 29.5. The van der Waals surface area contributed by atoms with Crippen LogP contribution >= 0.6 is 23.4 Å². The molecule has 0 aromatic heterocycles.